The largest absolute Gasteiger partial charge is 0.502 e. The van der Waals surface area contributed by atoms with E-state index in [-0.39, 0.29) is 11.3 Å². The Bertz CT molecular complexity index is 928. The molecule has 0 fully saturated rings. The molecule has 0 spiro atoms. The molecule has 11 heteroatoms. The van der Waals surface area contributed by atoms with Crippen LogP contribution in [-0.4, -0.2) is 30.6 Å². The Balaban J connectivity index is 2.50. The lowest BCUT2D eigenvalue weighted by atomic mass is 10.1. The third kappa shape index (κ3) is 4.73. The van der Waals surface area contributed by atoms with E-state index >= 15 is 0 Å². The molecule has 1 aromatic carbocycles. The number of anilines is 1. The van der Waals surface area contributed by atoms with Crippen molar-refractivity contribution in [1.82, 2.24) is 0 Å². The molecule has 0 radical (unpaired) electrons. The lowest BCUT2D eigenvalue weighted by Gasteiger charge is -2.06. The number of hydrogen-bond donors (Lipinski definition) is 2. The SMILES string of the molecule is CC(=O)Oc1c(NS(=O)(=O)CCCBr)oc(-c2ccc(F)c(F)c2)c1O. The van der Waals surface area contributed by atoms with Crippen LogP contribution in [0.5, 0.6) is 11.5 Å². The van der Waals surface area contributed by atoms with Crippen molar-refractivity contribution >= 4 is 37.8 Å². The third-order valence-electron chi connectivity index (χ3n) is 3.06. The summed E-state index contributed by atoms with van der Waals surface area (Å²) in [7, 11) is -3.87. The van der Waals surface area contributed by atoms with E-state index in [0.29, 0.717) is 11.8 Å². The van der Waals surface area contributed by atoms with Gasteiger partial charge in [0.15, 0.2) is 17.4 Å². The summed E-state index contributed by atoms with van der Waals surface area (Å²) in [6.45, 7) is 1.03. The van der Waals surface area contributed by atoms with Crippen LogP contribution in [-0.2, 0) is 14.8 Å². The molecule has 7 nitrogen and oxygen atoms in total. The molecule has 1 heterocycles. The van der Waals surface area contributed by atoms with Crippen LogP contribution in [0, 0.1) is 11.6 Å². The number of carbonyl (C=O) groups excluding carboxylic acids is 1. The van der Waals surface area contributed by atoms with Crippen LogP contribution in [0.1, 0.15) is 13.3 Å². The van der Waals surface area contributed by atoms with Crippen molar-refractivity contribution in [2.75, 3.05) is 15.8 Å². The summed E-state index contributed by atoms with van der Waals surface area (Å²) >= 11 is 3.10. The molecule has 26 heavy (non-hydrogen) atoms. The van der Waals surface area contributed by atoms with Crippen molar-refractivity contribution in [3.8, 4) is 22.8 Å². The van der Waals surface area contributed by atoms with Gasteiger partial charge < -0.3 is 14.3 Å². The Labute approximate surface area is 156 Å². The molecule has 0 bridgehead atoms. The fraction of sp³-hybridized carbons (Fsp3) is 0.267. The Kier molecular flexibility index (Phi) is 6.24. The smallest absolute Gasteiger partial charge is 0.308 e. The maximum Gasteiger partial charge on any atom is 0.308 e. The number of furan rings is 1. The first-order valence-corrected chi connectivity index (χ1v) is 9.98. The second-order valence-electron chi connectivity index (χ2n) is 5.12. The number of alkyl halides is 1. The van der Waals surface area contributed by atoms with E-state index in [1.165, 1.54) is 0 Å². The van der Waals surface area contributed by atoms with E-state index in [1.54, 1.807) is 0 Å². The fourth-order valence-corrected chi connectivity index (χ4v) is 3.68. The minimum atomic E-state index is -3.87. The van der Waals surface area contributed by atoms with Gasteiger partial charge in [-0.25, -0.2) is 21.9 Å². The highest BCUT2D eigenvalue weighted by molar-refractivity contribution is 9.09. The van der Waals surface area contributed by atoms with Crippen molar-refractivity contribution in [1.29, 1.82) is 0 Å². The first kappa shape index (κ1) is 20.2. The molecule has 2 aromatic rings. The zero-order valence-electron chi connectivity index (χ0n) is 13.4. The van der Waals surface area contributed by atoms with Crippen LogP contribution in [0.4, 0.5) is 14.7 Å². The standard InChI is InChI=1S/C15H14BrF2NO6S/c1-8(20)24-14-12(21)13(9-3-4-10(17)11(18)7-9)25-15(14)19-26(22,23)6-2-5-16/h3-4,7,19,21H,2,5-6H2,1H3. The molecule has 1 aromatic heterocycles. The summed E-state index contributed by atoms with van der Waals surface area (Å²) in [4.78, 5) is 11.2. The van der Waals surface area contributed by atoms with Gasteiger partial charge in [-0.3, -0.25) is 4.79 Å². The van der Waals surface area contributed by atoms with E-state index < -0.39 is 50.8 Å². The van der Waals surface area contributed by atoms with Gasteiger partial charge in [-0.15, -0.1) is 0 Å². The second kappa shape index (κ2) is 8.04. The molecule has 0 saturated carbocycles. The third-order valence-corrected chi connectivity index (χ3v) is 4.95. The monoisotopic (exact) mass is 453 g/mol. The van der Waals surface area contributed by atoms with Gasteiger partial charge in [0.2, 0.25) is 21.5 Å². The number of aromatic hydroxyl groups is 1. The average molecular weight is 454 g/mol. The highest BCUT2D eigenvalue weighted by Crippen LogP contribution is 2.46. The molecule has 2 rings (SSSR count). The maximum atomic E-state index is 13.4. The van der Waals surface area contributed by atoms with Crippen molar-refractivity contribution < 1.29 is 36.3 Å². The van der Waals surface area contributed by atoms with Crippen molar-refractivity contribution in [3.05, 3.63) is 29.8 Å². The number of rotatable bonds is 7. The molecule has 0 aliphatic heterocycles. The van der Waals surface area contributed by atoms with Crippen LogP contribution in [0.3, 0.4) is 0 Å². The van der Waals surface area contributed by atoms with E-state index in [1.807, 2.05) is 0 Å². The lowest BCUT2D eigenvalue weighted by molar-refractivity contribution is -0.131. The molecule has 0 atom stereocenters. The average Bonchev–Trinajstić information content (AvgIpc) is 2.84. The van der Waals surface area contributed by atoms with Gasteiger partial charge >= 0.3 is 5.97 Å². The first-order chi connectivity index (χ1) is 12.1. The molecular formula is C15H14BrF2NO6S. The predicted octanol–water partition coefficient (Wildman–Crippen LogP) is 3.38. The summed E-state index contributed by atoms with van der Waals surface area (Å²) in [6, 6.07) is 2.66. The number of nitrogens with one attached hydrogen (secondary N) is 1. The van der Waals surface area contributed by atoms with E-state index in [4.69, 9.17) is 9.15 Å². The van der Waals surface area contributed by atoms with Gasteiger partial charge in [0.1, 0.15) is 0 Å². The Morgan fingerprint density at radius 2 is 2.04 bits per heavy atom. The Hall–Kier alpha value is -2.14. The summed E-state index contributed by atoms with van der Waals surface area (Å²) in [5.41, 5.74) is -0.0827. The molecule has 0 unspecified atom stereocenters. The van der Waals surface area contributed by atoms with Gasteiger partial charge in [-0.2, -0.15) is 0 Å². The second-order valence-corrected chi connectivity index (χ2v) is 7.76. The Morgan fingerprint density at radius 3 is 2.62 bits per heavy atom. The zero-order valence-corrected chi connectivity index (χ0v) is 15.8. The molecular weight excluding hydrogens is 440 g/mol. The van der Waals surface area contributed by atoms with Crippen LogP contribution in [0.15, 0.2) is 22.6 Å². The summed E-state index contributed by atoms with van der Waals surface area (Å²) < 4.78 is 62.6. The molecule has 0 aliphatic rings. The number of hydrogen-bond acceptors (Lipinski definition) is 6. The summed E-state index contributed by atoms with van der Waals surface area (Å²) in [6.07, 6.45) is 0.293. The molecule has 0 aliphatic carbocycles. The van der Waals surface area contributed by atoms with E-state index in [0.717, 1.165) is 25.1 Å². The van der Waals surface area contributed by atoms with Gasteiger partial charge in [-0.1, -0.05) is 15.9 Å². The minimum absolute atomic E-state index is 0.0827. The molecule has 142 valence electrons. The topological polar surface area (TPSA) is 106 Å². The van der Waals surface area contributed by atoms with Gasteiger partial charge in [-0.05, 0) is 24.6 Å². The summed E-state index contributed by atoms with van der Waals surface area (Å²) in [5, 5.41) is 10.7. The van der Waals surface area contributed by atoms with Crippen LogP contribution in [0.2, 0.25) is 0 Å². The van der Waals surface area contributed by atoms with Crippen molar-refractivity contribution in [2.45, 2.75) is 13.3 Å². The van der Waals surface area contributed by atoms with Gasteiger partial charge in [0.25, 0.3) is 5.88 Å². The predicted molar refractivity (Wildman–Crippen MR) is 92.9 cm³/mol. The van der Waals surface area contributed by atoms with Crippen LogP contribution >= 0.6 is 15.9 Å². The van der Waals surface area contributed by atoms with Gasteiger partial charge in [0, 0.05) is 17.8 Å². The molecule has 0 amide bonds. The van der Waals surface area contributed by atoms with E-state index in [2.05, 4.69) is 20.7 Å². The number of ether oxygens (including phenoxy) is 1. The highest BCUT2D eigenvalue weighted by Gasteiger charge is 2.27. The quantitative estimate of drug-likeness (QED) is 0.491. The van der Waals surface area contributed by atoms with Crippen LogP contribution < -0.4 is 9.46 Å². The van der Waals surface area contributed by atoms with Crippen molar-refractivity contribution in [3.63, 3.8) is 0 Å². The number of esters is 1. The fourth-order valence-electron chi connectivity index (χ4n) is 1.98. The van der Waals surface area contributed by atoms with Gasteiger partial charge in [0.05, 0.1) is 5.75 Å². The van der Waals surface area contributed by atoms with E-state index in [9.17, 15) is 27.1 Å². The molecule has 2 N–H and O–H groups in total. The summed E-state index contributed by atoms with van der Waals surface area (Å²) in [5.74, 6) is -5.67. The van der Waals surface area contributed by atoms with Crippen LogP contribution in [0.25, 0.3) is 11.3 Å². The molecule has 0 saturated heterocycles. The lowest BCUT2D eigenvalue weighted by Crippen LogP contribution is -2.17. The maximum absolute atomic E-state index is 13.4. The minimum Gasteiger partial charge on any atom is -0.502 e. The normalized spacial score (nSPS) is 11.4. The number of benzene rings is 1. The van der Waals surface area contributed by atoms with Crippen molar-refractivity contribution in [2.24, 2.45) is 0 Å². The highest BCUT2D eigenvalue weighted by atomic mass is 79.9. The number of sulfonamides is 1. The first-order valence-electron chi connectivity index (χ1n) is 7.20. The zero-order chi connectivity index (χ0) is 19.5. The Morgan fingerprint density at radius 1 is 1.35 bits per heavy atom. The number of halogens is 3. The number of carbonyl (C=O) groups is 1.